The van der Waals surface area contributed by atoms with Crippen LogP contribution < -0.4 is 5.32 Å². The van der Waals surface area contributed by atoms with Crippen molar-refractivity contribution in [3.63, 3.8) is 0 Å². The Balaban J connectivity index is 1.37. The number of nitrogens with zero attached hydrogens (tertiary/aromatic N) is 2. The van der Waals surface area contributed by atoms with E-state index in [1.54, 1.807) is 17.2 Å². The number of pyridine rings is 1. The molecule has 2 aromatic heterocycles. The Morgan fingerprint density at radius 1 is 1.24 bits per heavy atom. The van der Waals surface area contributed by atoms with Gasteiger partial charge in [0.15, 0.2) is 5.78 Å². The summed E-state index contributed by atoms with van der Waals surface area (Å²) >= 11 is 7.81. The van der Waals surface area contributed by atoms with Crippen LogP contribution in [-0.2, 0) is 14.3 Å². The number of rotatable bonds is 5. The first-order valence-electron chi connectivity index (χ1n) is 11.8. The predicted octanol–water partition coefficient (Wildman–Crippen LogP) is 3.58. The Morgan fingerprint density at radius 2 is 2.03 bits per heavy atom. The van der Waals surface area contributed by atoms with Crippen molar-refractivity contribution >= 4 is 40.5 Å². The smallest absolute Gasteiger partial charge is 0.262 e. The van der Waals surface area contributed by atoms with E-state index in [0.717, 1.165) is 48.2 Å². The average molecular weight is 502 g/mol. The summed E-state index contributed by atoms with van der Waals surface area (Å²) in [5.74, 6) is -0.569. The molecule has 2 aliphatic heterocycles. The van der Waals surface area contributed by atoms with Crippen LogP contribution in [-0.4, -0.2) is 64.2 Å². The van der Waals surface area contributed by atoms with E-state index < -0.39 is 23.6 Å². The molecule has 3 fully saturated rings. The molecule has 0 aromatic carbocycles. The average Bonchev–Trinajstić information content (AvgIpc) is 3.56. The number of aryl methyl sites for hydroxylation is 1. The number of amides is 2. The van der Waals surface area contributed by atoms with Crippen molar-refractivity contribution in [3.8, 4) is 10.4 Å². The van der Waals surface area contributed by atoms with Crippen molar-refractivity contribution < 1.29 is 19.1 Å². The second-order valence-corrected chi connectivity index (χ2v) is 11.0. The van der Waals surface area contributed by atoms with Crippen LogP contribution in [0.1, 0.15) is 47.5 Å². The monoisotopic (exact) mass is 501 g/mol. The number of hydrogen-bond donors (Lipinski definition) is 1. The fourth-order valence-corrected chi connectivity index (χ4v) is 6.64. The molecular weight excluding hydrogens is 474 g/mol. The maximum Gasteiger partial charge on any atom is 0.262 e. The Hall–Kier alpha value is -2.29. The third-order valence-corrected chi connectivity index (χ3v) is 8.61. The van der Waals surface area contributed by atoms with Crippen molar-refractivity contribution in [2.75, 3.05) is 13.2 Å². The molecule has 2 amide bonds. The summed E-state index contributed by atoms with van der Waals surface area (Å²) in [4.78, 5) is 46.8. The largest absolute Gasteiger partial charge is 0.366 e. The third-order valence-electron chi connectivity index (χ3n) is 7.09. The van der Waals surface area contributed by atoms with Crippen molar-refractivity contribution in [3.05, 3.63) is 41.0 Å². The van der Waals surface area contributed by atoms with Gasteiger partial charge in [0.25, 0.3) is 5.91 Å². The first-order chi connectivity index (χ1) is 16.4. The topological polar surface area (TPSA) is 88.6 Å². The van der Waals surface area contributed by atoms with Gasteiger partial charge in [0, 0.05) is 23.3 Å². The van der Waals surface area contributed by atoms with Crippen LogP contribution in [0.3, 0.4) is 0 Å². The van der Waals surface area contributed by atoms with E-state index in [2.05, 4.69) is 10.3 Å². The summed E-state index contributed by atoms with van der Waals surface area (Å²) < 4.78 is 5.55. The maximum atomic E-state index is 13.8. The van der Waals surface area contributed by atoms with E-state index >= 15 is 0 Å². The number of halogens is 1. The normalized spacial score (nSPS) is 25.9. The molecule has 7 nitrogen and oxygen atoms in total. The molecule has 1 N–H and O–H groups in total. The number of Topliss-reactive ketones (excluding diaryl/α,β-unsaturated/α-hetero) is 1. The van der Waals surface area contributed by atoms with Gasteiger partial charge in [-0.15, -0.1) is 22.9 Å². The number of hydrogen-bond acceptors (Lipinski definition) is 6. The summed E-state index contributed by atoms with van der Waals surface area (Å²) in [6.07, 6.45) is 6.23. The van der Waals surface area contributed by atoms with Gasteiger partial charge in [-0.25, -0.2) is 0 Å². The van der Waals surface area contributed by atoms with Crippen LogP contribution in [0.2, 0.25) is 0 Å². The Morgan fingerprint density at radius 3 is 2.79 bits per heavy atom. The van der Waals surface area contributed by atoms with Gasteiger partial charge in [-0.05, 0) is 55.5 Å². The number of ketones is 1. The minimum Gasteiger partial charge on any atom is -0.366 e. The van der Waals surface area contributed by atoms with Crippen molar-refractivity contribution in [1.29, 1.82) is 0 Å². The highest BCUT2D eigenvalue weighted by molar-refractivity contribution is 7.17. The first-order valence-corrected chi connectivity index (χ1v) is 13.1. The van der Waals surface area contributed by atoms with Crippen LogP contribution in [0, 0.1) is 12.8 Å². The molecule has 4 atom stereocenters. The lowest BCUT2D eigenvalue weighted by Gasteiger charge is -2.34. The zero-order valence-corrected chi connectivity index (χ0v) is 20.6. The number of carbonyl (C=O) groups is 3. The van der Waals surface area contributed by atoms with E-state index in [4.69, 9.17) is 16.3 Å². The summed E-state index contributed by atoms with van der Waals surface area (Å²) in [7, 11) is 0. The number of likely N-dealkylation sites (tertiary alicyclic amines) is 1. The van der Waals surface area contributed by atoms with E-state index in [9.17, 15) is 14.4 Å². The molecule has 9 heteroatoms. The molecule has 0 radical (unpaired) electrons. The van der Waals surface area contributed by atoms with Crippen LogP contribution in [0.4, 0.5) is 0 Å². The summed E-state index contributed by atoms with van der Waals surface area (Å²) in [5.41, 5.74) is 1.92. The molecule has 0 unspecified atom stereocenters. The van der Waals surface area contributed by atoms with E-state index in [1.165, 1.54) is 11.3 Å². The molecule has 0 bridgehead atoms. The second kappa shape index (κ2) is 9.76. The van der Waals surface area contributed by atoms with E-state index in [-0.39, 0.29) is 36.7 Å². The van der Waals surface area contributed by atoms with E-state index in [1.807, 2.05) is 25.1 Å². The lowest BCUT2D eigenvalue weighted by Crippen LogP contribution is -2.55. The number of thiophene rings is 1. The maximum absolute atomic E-state index is 13.8. The Kier molecular flexibility index (Phi) is 6.73. The SMILES string of the molecule is Cc1cc(-c2ccc(C(=O)N[C@H](C(=O)N3C[C@H](Cl)[C@H]4OCC(=O)[C@H]43)C3CCCCC3)s2)ccn1. The molecule has 2 saturated heterocycles. The van der Waals surface area contributed by atoms with Gasteiger partial charge in [-0.1, -0.05) is 19.3 Å². The molecule has 1 saturated carbocycles. The van der Waals surface area contributed by atoms with Gasteiger partial charge in [-0.2, -0.15) is 0 Å². The molecular formula is C25H28ClN3O4S. The molecule has 4 heterocycles. The standard InChI is InChI=1S/C25H28ClN3O4S/c1-14-11-16(9-10-27-14)19-7-8-20(34-19)24(31)28-21(15-5-3-2-4-6-15)25(32)29-12-17(26)23-22(29)18(30)13-33-23/h7-11,15,17,21-23H,2-6,12-13H2,1H3,(H,28,31)/t17-,21-,22+,23+/m0/s1. The van der Waals surface area contributed by atoms with E-state index in [0.29, 0.717) is 4.88 Å². The fourth-order valence-electron chi connectivity index (χ4n) is 5.38. The van der Waals surface area contributed by atoms with Gasteiger partial charge >= 0.3 is 0 Å². The van der Waals surface area contributed by atoms with Gasteiger partial charge in [0.1, 0.15) is 24.8 Å². The number of carbonyl (C=O) groups excluding carboxylic acids is 3. The number of aromatic nitrogens is 1. The van der Waals surface area contributed by atoms with Crippen molar-refractivity contribution in [2.24, 2.45) is 5.92 Å². The van der Waals surface area contributed by atoms with Crippen LogP contribution in [0.15, 0.2) is 30.5 Å². The first kappa shape index (κ1) is 23.5. The number of alkyl halides is 1. The minimum atomic E-state index is -0.683. The Labute approximate surface area is 207 Å². The Bertz CT molecular complexity index is 1100. The van der Waals surface area contributed by atoms with Gasteiger partial charge in [0.2, 0.25) is 5.91 Å². The predicted molar refractivity (Wildman–Crippen MR) is 130 cm³/mol. The number of ether oxygens (including phenoxy) is 1. The van der Waals surface area contributed by atoms with Crippen molar-refractivity contribution in [1.82, 2.24) is 15.2 Å². The summed E-state index contributed by atoms with van der Waals surface area (Å²) in [6.45, 7) is 2.17. The second-order valence-electron chi connectivity index (χ2n) is 9.39. The molecule has 180 valence electrons. The molecule has 5 rings (SSSR count). The highest BCUT2D eigenvalue weighted by atomic mass is 35.5. The summed E-state index contributed by atoms with van der Waals surface area (Å²) in [6, 6.07) is 6.28. The van der Waals surface area contributed by atoms with Gasteiger partial charge < -0.3 is 15.0 Å². The van der Waals surface area contributed by atoms with Crippen molar-refractivity contribution in [2.45, 2.75) is 62.6 Å². The van der Waals surface area contributed by atoms with Crippen LogP contribution in [0.5, 0.6) is 0 Å². The molecule has 34 heavy (non-hydrogen) atoms. The number of fused-ring (bicyclic) bond motifs is 1. The molecule has 2 aromatic rings. The fraction of sp³-hybridized carbons (Fsp3) is 0.520. The molecule has 0 spiro atoms. The molecule has 3 aliphatic rings. The minimum absolute atomic E-state index is 0.0186. The zero-order chi connectivity index (χ0) is 23.8. The third kappa shape index (κ3) is 4.51. The van der Waals surface area contributed by atoms with Gasteiger partial charge in [0.05, 0.1) is 10.3 Å². The highest BCUT2D eigenvalue weighted by Gasteiger charge is 2.53. The van der Waals surface area contributed by atoms with Gasteiger partial charge in [-0.3, -0.25) is 19.4 Å². The van der Waals surface area contributed by atoms with Crippen LogP contribution >= 0.6 is 22.9 Å². The number of nitrogens with one attached hydrogen (secondary N) is 1. The lowest BCUT2D eigenvalue weighted by atomic mass is 9.83. The molecule has 1 aliphatic carbocycles. The zero-order valence-electron chi connectivity index (χ0n) is 19.0. The highest BCUT2D eigenvalue weighted by Crippen LogP contribution is 2.34. The summed E-state index contributed by atoms with van der Waals surface area (Å²) in [5, 5.41) is 2.61. The lowest BCUT2D eigenvalue weighted by molar-refractivity contribution is -0.139. The van der Waals surface area contributed by atoms with Crippen LogP contribution in [0.25, 0.3) is 10.4 Å². The quantitative estimate of drug-likeness (QED) is 0.632.